The van der Waals surface area contributed by atoms with Crippen molar-refractivity contribution in [1.82, 2.24) is 0 Å². The average Bonchev–Trinajstić information content (AvgIpc) is 2.57. The van der Waals surface area contributed by atoms with Crippen LogP contribution in [0.15, 0.2) is 54.6 Å². The third-order valence-electron chi connectivity index (χ3n) is 3.52. The molecule has 2 rings (SSSR count). The van der Waals surface area contributed by atoms with Crippen molar-refractivity contribution < 1.29 is 23.0 Å². The van der Waals surface area contributed by atoms with Crippen LogP contribution in [0.5, 0.6) is 0 Å². The number of hydrogen-bond acceptors (Lipinski definition) is 3. The lowest BCUT2D eigenvalue weighted by Crippen LogP contribution is -2.38. The lowest BCUT2D eigenvalue weighted by molar-refractivity contribution is -0.197. The highest BCUT2D eigenvalue weighted by molar-refractivity contribution is 5.78. The van der Waals surface area contributed by atoms with Gasteiger partial charge in [-0.25, -0.2) is 4.79 Å². The molecule has 24 heavy (non-hydrogen) atoms. The van der Waals surface area contributed by atoms with Crippen molar-refractivity contribution in [2.24, 2.45) is 0 Å². The van der Waals surface area contributed by atoms with E-state index in [0.717, 1.165) is 11.1 Å². The minimum Gasteiger partial charge on any atom is -0.461 e. The van der Waals surface area contributed by atoms with E-state index in [-0.39, 0.29) is 18.8 Å². The fourth-order valence-electron chi connectivity index (χ4n) is 2.24. The van der Waals surface area contributed by atoms with Gasteiger partial charge in [0.15, 0.2) is 6.10 Å². The van der Waals surface area contributed by atoms with E-state index < -0.39 is 18.0 Å². The molecule has 0 aromatic heterocycles. The largest absolute Gasteiger partial charge is 0.461 e. The number of aryl methyl sites for hydroxylation is 1. The van der Waals surface area contributed by atoms with Crippen LogP contribution in [0.2, 0.25) is 0 Å². The second kappa shape index (κ2) is 8.02. The molecule has 0 heterocycles. The topological polar surface area (TPSA) is 35.5 Å². The number of carbonyl (C=O) groups excluding carboxylic acids is 1. The van der Waals surface area contributed by atoms with Crippen LogP contribution in [0.25, 0.3) is 0 Å². The summed E-state index contributed by atoms with van der Waals surface area (Å²) >= 11 is 0. The minimum atomic E-state index is -3.78. The van der Waals surface area contributed by atoms with Crippen molar-refractivity contribution in [3.63, 3.8) is 0 Å². The van der Waals surface area contributed by atoms with Crippen LogP contribution in [-0.4, -0.2) is 18.5 Å². The Bertz CT molecular complexity index is 654. The van der Waals surface area contributed by atoms with Crippen molar-refractivity contribution in [1.29, 1.82) is 0 Å². The zero-order valence-electron chi connectivity index (χ0n) is 13.7. The van der Waals surface area contributed by atoms with Crippen LogP contribution in [0.4, 0.5) is 8.78 Å². The molecule has 128 valence electrons. The first kappa shape index (κ1) is 18.1. The highest BCUT2D eigenvalue weighted by Crippen LogP contribution is 2.36. The molecule has 0 fully saturated rings. The predicted molar refractivity (Wildman–Crippen MR) is 86.7 cm³/mol. The Morgan fingerprint density at radius 1 is 1.08 bits per heavy atom. The predicted octanol–water partition coefficient (Wildman–Crippen LogP) is 4.45. The number of hydrogen-bond donors (Lipinski definition) is 0. The zero-order chi connectivity index (χ0) is 17.6. The molecule has 3 nitrogen and oxygen atoms in total. The molecule has 0 bridgehead atoms. The molecule has 0 aliphatic carbocycles. The van der Waals surface area contributed by atoms with E-state index in [1.807, 2.05) is 13.0 Å². The third-order valence-corrected chi connectivity index (χ3v) is 3.52. The molecule has 2 aromatic carbocycles. The quantitative estimate of drug-likeness (QED) is 0.702. The summed E-state index contributed by atoms with van der Waals surface area (Å²) in [5, 5.41) is 0. The van der Waals surface area contributed by atoms with Gasteiger partial charge in [-0.1, -0.05) is 60.2 Å². The Hall–Kier alpha value is -2.27. The number of benzene rings is 2. The van der Waals surface area contributed by atoms with Gasteiger partial charge in [-0.2, -0.15) is 8.78 Å². The van der Waals surface area contributed by atoms with E-state index in [0.29, 0.717) is 0 Å². The van der Waals surface area contributed by atoms with Crippen LogP contribution in [0.1, 0.15) is 29.7 Å². The van der Waals surface area contributed by atoms with Gasteiger partial charge >= 0.3 is 11.9 Å². The Morgan fingerprint density at radius 2 is 1.71 bits per heavy atom. The molecule has 0 amide bonds. The highest BCUT2D eigenvalue weighted by atomic mass is 19.3. The monoisotopic (exact) mass is 334 g/mol. The number of halogens is 2. The summed E-state index contributed by atoms with van der Waals surface area (Å²) in [6.45, 7) is 3.19. The summed E-state index contributed by atoms with van der Waals surface area (Å²) in [6.07, 6.45) is -1.71. The van der Waals surface area contributed by atoms with Crippen molar-refractivity contribution >= 4 is 5.97 Å². The Labute approximate surface area is 140 Å². The van der Waals surface area contributed by atoms with Gasteiger partial charge in [0.05, 0.1) is 13.2 Å². The van der Waals surface area contributed by atoms with E-state index in [1.165, 1.54) is 19.1 Å². The highest BCUT2D eigenvalue weighted by Gasteiger charge is 2.50. The maximum absolute atomic E-state index is 14.6. The number of carbonyl (C=O) groups is 1. The maximum Gasteiger partial charge on any atom is 0.380 e. The number of esters is 1. The molecule has 0 radical (unpaired) electrons. The molecule has 1 unspecified atom stereocenters. The number of ether oxygens (including phenoxy) is 2. The fraction of sp³-hybridized carbons (Fsp3) is 0.316. The first-order valence-electron chi connectivity index (χ1n) is 7.72. The molecular weight excluding hydrogens is 314 g/mol. The van der Waals surface area contributed by atoms with Gasteiger partial charge in [0.25, 0.3) is 0 Å². The molecule has 0 saturated carbocycles. The van der Waals surface area contributed by atoms with Gasteiger partial charge in [-0.3, -0.25) is 0 Å². The fourth-order valence-corrected chi connectivity index (χ4v) is 2.24. The van der Waals surface area contributed by atoms with Gasteiger partial charge in [-0.05, 0) is 25.0 Å². The second-order valence-corrected chi connectivity index (χ2v) is 5.43. The summed E-state index contributed by atoms with van der Waals surface area (Å²) in [7, 11) is 0. The SMILES string of the molecule is CCOC(=O)C(F)(F)C(OCc1ccccc1)c1ccc(C)cc1. The van der Waals surface area contributed by atoms with Gasteiger partial charge in [-0.15, -0.1) is 0 Å². The summed E-state index contributed by atoms with van der Waals surface area (Å²) in [5.41, 5.74) is 1.91. The minimum absolute atomic E-state index is 0.0334. The molecule has 2 aromatic rings. The van der Waals surface area contributed by atoms with E-state index in [9.17, 15) is 13.6 Å². The van der Waals surface area contributed by atoms with Crippen molar-refractivity contribution in [2.75, 3.05) is 6.61 Å². The summed E-state index contributed by atoms with van der Waals surface area (Å²) in [6, 6.07) is 15.4. The van der Waals surface area contributed by atoms with Crippen LogP contribution >= 0.6 is 0 Å². The molecule has 0 spiro atoms. The average molecular weight is 334 g/mol. The van der Waals surface area contributed by atoms with Crippen molar-refractivity contribution in [3.8, 4) is 0 Å². The Morgan fingerprint density at radius 3 is 2.29 bits per heavy atom. The smallest absolute Gasteiger partial charge is 0.380 e. The van der Waals surface area contributed by atoms with Crippen molar-refractivity contribution in [3.05, 3.63) is 71.3 Å². The third kappa shape index (κ3) is 4.38. The lowest BCUT2D eigenvalue weighted by atomic mass is 10.0. The van der Waals surface area contributed by atoms with E-state index in [4.69, 9.17) is 4.74 Å². The van der Waals surface area contributed by atoms with Gasteiger partial charge < -0.3 is 9.47 Å². The van der Waals surface area contributed by atoms with E-state index in [2.05, 4.69) is 4.74 Å². The maximum atomic E-state index is 14.6. The molecule has 5 heteroatoms. The molecule has 0 saturated heterocycles. The van der Waals surface area contributed by atoms with Gasteiger partial charge in [0.2, 0.25) is 0 Å². The summed E-state index contributed by atoms with van der Waals surface area (Å²) < 4.78 is 39.1. The lowest BCUT2D eigenvalue weighted by Gasteiger charge is -2.26. The molecule has 0 N–H and O–H groups in total. The summed E-state index contributed by atoms with van der Waals surface area (Å²) in [4.78, 5) is 11.7. The van der Waals surface area contributed by atoms with Crippen LogP contribution in [-0.2, 0) is 20.9 Å². The Kier molecular flexibility index (Phi) is 6.04. The van der Waals surface area contributed by atoms with Gasteiger partial charge in [0, 0.05) is 0 Å². The van der Waals surface area contributed by atoms with E-state index >= 15 is 0 Å². The summed E-state index contributed by atoms with van der Waals surface area (Å²) in [5.74, 6) is -5.36. The van der Waals surface area contributed by atoms with E-state index in [1.54, 1.807) is 36.4 Å². The van der Waals surface area contributed by atoms with Crippen LogP contribution < -0.4 is 0 Å². The molecule has 1 atom stereocenters. The molecular formula is C19H20F2O3. The van der Waals surface area contributed by atoms with Gasteiger partial charge in [0.1, 0.15) is 0 Å². The number of alkyl halides is 2. The normalized spacial score (nSPS) is 12.7. The first-order chi connectivity index (χ1) is 11.4. The molecule has 0 aliphatic heterocycles. The zero-order valence-corrected chi connectivity index (χ0v) is 13.7. The second-order valence-electron chi connectivity index (χ2n) is 5.43. The molecule has 0 aliphatic rings. The van der Waals surface area contributed by atoms with Crippen LogP contribution in [0.3, 0.4) is 0 Å². The van der Waals surface area contributed by atoms with Crippen molar-refractivity contribution in [2.45, 2.75) is 32.5 Å². The number of rotatable bonds is 7. The standard InChI is InChI=1S/C19H20F2O3/c1-3-23-18(22)19(20,21)17(16-11-9-14(2)10-12-16)24-13-15-7-5-4-6-8-15/h4-12,17H,3,13H2,1-2H3. The van der Waals surface area contributed by atoms with Crippen LogP contribution in [0, 0.1) is 6.92 Å². The first-order valence-corrected chi connectivity index (χ1v) is 7.72. The Balaban J connectivity index is 2.26.